The number of carbonyl (C=O) groups is 1. The van der Waals surface area contributed by atoms with Crippen molar-refractivity contribution >= 4 is 29.0 Å². The van der Waals surface area contributed by atoms with E-state index in [-0.39, 0.29) is 17.6 Å². The molecule has 0 aliphatic carbocycles. The van der Waals surface area contributed by atoms with E-state index in [0.29, 0.717) is 27.8 Å². The van der Waals surface area contributed by atoms with Gasteiger partial charge in [-0.3, -0.25) is 4.79 Å². The number of halogens is 7. The zero-order valence-electron chi connectivity index (χ0n) is 17.9. The molecule has 2 aliphatic rings. The van der Waals surface area contributed by atoms with Crippen LogP contribution in [-0.4, -0.2) is 28.7 Å². The molecule has 190 valence electrons. The zero-order valence-corrected chi connectivity index (χ0v) is 18.6. The Labute approximate surface area is 203 Å². The summed E-state index contributed by atoms with van der Waals surface area (Å²) in [4.78, 5) is 12.7. The van der Waals surface area contributed by atoms with Crippen LogP contribution in [0.4, 0.5) is 37.8 Å². The number of rotatable bonds is 3. The van der Waals surface area contributed by atoms with E-state index in [1.54, 1.807) is 18.2 Å². The third-order valence-electron chi connectivity index (χ3n) is 5.76. The fourth-order valence-corrected chi connectivity index (χ4v) is 4.25. The number of nitrogens with zero attached hydrogens (tertiary/aromatic N) is 2. The lowest BCUT2D eigenvalue weighted by molar-refractivity contribution is -0.173. The van der Waals surface area contributed by atoms with Gasteiger partial charge in [0.25, 0.3) is 5.91 Å². The summed E-state index contributed by atoms with van der Waals surface area (Å²) in [6.45, 7) is -0.00300. The number of fused-ring (bicyclic) bond motifs is 2. The van der Waals surface area contributed by atoms with Crippen LogP contribution >= 0.6 is 11.6 Å². The highest BCUT2D eigenvalue weighted by molar-refractivity contribution is 6.30. The number of aromatic nitrogens is 2. The summed E-state index contributed by atoms with van der Waals surface area (Å²) in [5.74, 6) is -0.387. The summed E-state index contributed by atoms with van der Waals surface area (Å²) < 4.78 is 93.0. The first kappa shape index (κ1) is 24.1. The van der Waals surface area contributed by atoms with E-state index in [2.05, 4.69) is 15.7 Å². The largest absolute Gasteiger partial charge is 0.454 e. The van der Waals surface area contributed by atoms with Crippen LogP contribution in [0.3, 0.4) is 0 Å². The monoisotopic (exact) mass is 532 g/mol. The Balaban J connectivity index is 1.45. The maximum atomic E-state index is 13.9. The van der Waals surface area contributed by atoms with Crippen LogP contribution in [-0.2, 0) is 6.18 Å². The van der Waals surface area contributed by atoms with Gasteiger partial charge in [0.15, 0.2) is 23.2 Å². The highest BCUT2D eigenvalue weighted by Gasteiger charge is 2.47. The minimum atomic E-state index is -4.83. The highest BCUT2D eigenvalue weighted by atomic mass is 35.5. The molecule has 2 aliphatic heterocycles. The van der Waals surface area contributed by atoms with Crippen molar-refractivity contribution in [1.29, 1.82) is 0 Å². The maximum absolute atomic E-state index is 13.9. The second-order valence-electron chi connectivity index (χ2n) is 8.10. The molecule has 0 fully saturated rings. The number of alkyl halides is 6. The van der Waals surface area contributed by atoms with Crippen LogP contribution in [0.2, 0.25) is 5.02 Å². The summed E-state index contributed by atoms with van der Waals surface area (Å²) in [6, 6.07) is 5.60. The molecule has 3 aromatic rings. The van der Waals surface area contributed by atoms with Gasteiger partial charge in [0.05, 0.1) is 17.3 Å². The van der Waals surface area contributed by atoms with E-state index in [9.17, 15) is 31.1 Å². The molecule has 2 atom stereocenters. The lowest BCUT2D eigenvalue weighted by Crippen LogP contribution is -2.35. The number of hydrogen-bond acceptors (Lipinski definition) is 5. The molecule has 0 spiro atoms. The van der Waals surface area contributed by atoms with Crippen molar-refractivity contribution in [2.45, 2.75) is 30.9 Å². The van der Waals surface area contributed by atoms with Gasteiger partial charge in [-0.05, 0) is 35.9 Å². The Morgan fingerprint density at radius 1 is 1.06 bits per heavy atom. The van der Waals surface area contributed by atoms with Gasteiger partial charge in [-0.15, -0.1) is 0 Å². The first-order valence-electron chi connectivity index (χ1n) is 10.4. The van der Waals surface area contributed by atoms with Crippen LogP contribution in [0.25, 0.3) is 0 Å². The molecule has 14 heteroatoms. The normalized spacial score (nSPS) is 19.0. The van der Waals surface area contributed by atoms with Gasteiger partial charge in [-0.2, -0.15) is 31.4 Å². The van der Waals surface area contributed by atoms with Gasteiger partial charge in [0.2, 0.25) is 6.79 Å². The average Bonchev–Trinajstić information content (AvgIpc) is 3.44. The molecule has 7 nitrogen and oxygen atoms in total. The molecule has 3 heterocycles. The van der Waals surface area contributed by atoms with Gasteiger partial charge < -0.3 is 20.1 Å². The molecule has 0 bridgehead atoms. The number of ether oxygens (including phenoxy) is 2. The topological polar surface area (TPSA) is 77.4 Å². The lowest BCUT2D eigenvalue weighted by Gasteiger charge is -2.33. The van der Waals surface area contributed by atoms with Gasteiger partial charge in [0.1, 0.15) is 5.82 Å². The Kier molecular flexibility index (Phi) is 5.69. The van der Waals surface area contributed by atoms with Gasteiger partial charge >= 0.3 is 12.4 Å². The third kappa shape index (κ3) is 4.50. The average molecular weight is 533 g/mol. The summed E-state index contributed by atoms with van der Waals surface area (Å²) >= 11 is 5.64. The SMILES string of the molecule is O=C(Nc1ccc(Cl)cc1C(F)(F)F)c1cc2n(n1)[C@@H](C(F)(F)F)C[C@@H](c1ccc3c(c1)OCO3)N2. The van der Waals surface area contributed by atoms with Gasteiger partial charge in [-0.25, -0.2) is 4.68 Å². The van der Waals surface area contributed by atoms with Gasteiger partial charge in [0, 0.05) is 17.5 Å². The van der Waals surface area contributed by atoms with Crippen molar-refractivity contribution < 1.29 is 40.6 Å². The van der Waals surface area contributed by atoms with Crippen LogP contribution in [0.5, 0.6) is 11.5 Å². The van der Waals surface area contributed by atoms with Crippen molar-refractivity contribution in [2.24, 2.45) is 0 Å². The highest BCUT2D eigenvalue weighted by Crippen LogP contribution is 2.45. The standard InChI is InChI=1S/C22H15ClF6N4O3/c23-11-2-3-13(12(6-11)21(24,25)26)31-20(34)15-8-19-30-14(7-18(22(27,28)29)33(19)32-15)10-1-4-16-17(5-10)36-9-35-16/h1-6,8,14,18,30H,7,9H2,(H,31,34)/t14-,18+/m0/s1. The number of benzene rings is 2. The van der Waals surface area contributed by atoms with Crippen LogP contribution < -0.4 is 20.1 Å². The Morgan fingerprint density at radius 2 is 1.81 bits per heavy atom. The molecule has 0 unspecified atom stereocenters. The van der Waals surface area contributed by atoms with Crippen LogP contribution in [0.15, 0.2) is 42.5 Å². The minimum absolute atomic E-state index is 0.00300. The van der Waals surface area contributed by atoms with Crippen molar-refractivity contribution in [2.75, 3.05) is 17.4 Å². The van der Waals surface area contributed by atoms with E-state index in [1.165, 1.54) is 0 Å². The Morgan fingerprint density at radius 3 is 2.53 bits per heavy atom. The fraction of sp³-hybridized carbons (Fsp3) is 0.273. The minimum Gasteiger partial charge on any atom is -0.454 e. The van der Waals surface area contributed by atoms with E-state index in [4.69, 9.17) is 21.1 Å². The van der Waals surface area contributed by atoms with Gasteiger partial charge in [-0.1, -0.05) is 17.7 Å². The molecule has 0 saturated heterocycles. The lowest BCUT2D eigenvalue weighted by atomic mass is 9.96. The molecule has 1 amide bonds. The zero-order chi connectivity index (χ0) is 25.8. The van der Waals surface area contributed by atoms with E-state index in [1.807, 2.05) is 0 Å². The first-order chi connectivity index (χ1) is 16.9. The molecule has 2 aromatic carbocycles. The molecule has 2 N–H and O–H groups in total. The van der Waals surface area contributed by atoms with Crippen molar-refractivity contribution in [3.8, 4) is 11.5 Å². The predicted octanol–water partition coefficient (Wildman–Crippen LogP) is 6.20. The summed E-state index contributed by atoms with van der Waals surface area (Å²) in [5.41, 5.74) is -1.83. The number of anilines is 2. The van der Waals surface area contributed by atoms with E-state index < -0.39 is 53.7 Å². The van der Waals surface area contributed by atoms with E-state index in [0.717, 1.165) is 18.2 Å². The van der Waals surface area contributed by atoms with Crippen molar-refractivity contribution in [3.05, 3.63) is 64.3 Å². The predicted molar refractivity (Wildman–Crippen MR) is 115 cm³/mol. The third-order valence-corrected chi connectivity index (χ3v) is 5.99. The molecular weight excluding hydrogens is 518 g/mol. The summed E-state index contributed by atoms with van der Waals surface area (Å²) in [5, 5.41) is 8.53. The van der Waals surface area contributed by atoms with Crippen LogP contribution in [0.1, 0.15) is 40.1 Å². The number of nitrogens with one attached hydrogen (secondary N) is 2. The van der Waals surface area contributed by atoms with Crippen molar-refractivity contribution in [1.82, 2.24) is 9.78 Å². The first-order valence-corrected chi connectivity index (χ1v) is 10.8. The summed E-state index contributed by atoms with van der Waals surface area (Å²) in [6.07, 6.45) is -10.00. The van der Waals surface area contributed by atoms with Crippen LogP contribution in [0, 0.1) is 0 Å². The summed E-state index contributed by atoms with van der Waals surface area (Å²) in [7, 11) is 0. The number of carbonyl (C=O) groups excluding carboxylic acids is 1. The number of amides is 1. The quantitative estimate of drug-likeness (QED) is 0.393. The smallest absolute Gasteiger partial charge is 0.418 e. The molecule has 0 radical (unpaired) electrons. The Hall–Kier alpha value is -3.61. The second kappa shape index (κ2) is 8.50. The maximum Gasteiger partial charge on any atom is 0.418 e. The molecular formula is C22H15ClF6N4O3. The van der Waals surface area contributed by atoms with E-state index >= 15 is 0 Å². The molecule has 36 heavy (non-hydrogen) atoms. The Bertz CT molecular complexity index is 1340. The molecule has 5 rings (SSSR count). The second-order valence-corrected chi connectivity index (χ2v) is 8.54. The fourth-order valence-electron chi connectivity index (χ4n) is 4.08. The van der Waals surface area contributed by atoms with Crippen molar-refractivity contribution in [3.63, 3.8) is 0 Å². The molecule has 1 aromatic heterocycles. The molecule has 0 saturated carbocycles. The number of hydrogen-bond donors (Lipinski definition) is 2.